The molecule has 0 radical (unpaired) electrons. The molecule has 1 aromatic rings. The van der Waals surface area contributed by atoms with Gasteiger partial charge < -0.3 is 11.5 Å². The monoisotopic (exact) mass is 315 g/mol. The number of carbonyl (C=O) groups is 1. The fourth-order valence-corrected chi connectivity index (χ4v) is 1.24. The van der Waals surface area contributed by atoms with Gasteiger partial charge in [-0.3, -0.25) is 9.93 Å². The first-order valence-corrected chi connectivity index (χ1v) is 8.13. The van der Waals surface area contributed by atoms with Crippen molar-refractivity contribution in [3.05, 3.63) is 30.3 Å². The molecule has 0 unspecified atom stereocenters. The predicted octanol–water partition coefficient (Wildman–Crippen LogP) is 3.55. The highest BCUT2D eigenvalue weighted by Gasteiger charge is 1.96. The molecule has 4 nitrogen and oxygen atoms in total. The van der Waals surface area contributed by atoms with Crippen LogP contribution in [0.3, 0.4) is 0 Å². The van der Waals surface area contributed by atoms with Crippen molar-refractivity contribution < 1.29 is 4.79 Å². The van der Waals surface area contributed by atoms with Crippen molar-refractivity contribution in [2.24, 2.45) is 22.5 Å². The fraction of sp³-hybridized carbons (Fsp3) is 0.562. The number of primary amides is 1. The second kappa shape index (κ2) is 21.3. The van der Waals surface area contributed by atoms with Crippen LogP contribution in [-0.2, 0) is 4.79 Å². The Bertz CT molecular complexity index is 306. The Hall–Kier alpha value is -1.04. The summed E-state index contributed by atoms with van der Waals surface area (Å²) in [6, 6.07) is 9.86. The van der Waals surface area contributed by atoms with Gasteiger partial charge in [-0.15, -0.1) is 0 Å². The Labute approximate surface area is 135 Å². The van der Waals surface area contributed by atoms with E-state index in [1.54, 1.807) is 0 Å². The number of nitrogens with two attached hydrogens (primary N) is 3. The Morgan fingerprint density at radius 1 is 1.14 bits per heavy atom. The number of amides is 1. The molecular weight excluding hydrogens is 282 g/mol. The summed E-state index contributed by atoms with van der Waals surface area (Å²) in [5.74, 6) is 0.390. The van der Waals surface area contributed by atoms with Gasteiger partial charge in [0, 0.05) is 11.3 Å². The van der Waals surface area contributed by atoms with Gasteiger partial charge in [0.05, 0.1) is 0 Å². The summed E-state index contributed by atoms with van der Waals surface area (Å²) in [7, 11) is 1.50. The normalized spacial score (nSPS) is 8.38. The topological polar surface area (TPSA) is 95.1 Å². The van der Waals surface area contributed by atoms with Gasteiger partial charge in [-0.25, -0.2) is 0 Å². The molecule has 6 N–H and O–H groups in total. The van der Waals surface area contributed by atoms with Gasteiger partial charge in [0.1, 0.15) is 0 Å². The Morgan fingerprint density at radius 3 is 1.76 bits per heavy atom. The van der Waals surface area contributed by atoms with Crippen LogP contribution < -0.4 is 16.6 Å². The molecule has 124 valence electrons. The van der Waals surface area contributed by atoms with Gasteiger partial charge in [0.2, 0.25) is 5.91 Å². The first kappa shape index (κ1) is 24.9. The first-order chi connectivity index (χ1) is 9.97. The average molecular weight is 316 g/mol. The highest BCUT2D eigenvalue weighted by atomic mass is 32.2. The van der Waals surface area contributed by atoms with Crippen LogP contribution in [0.25, 0.3) is 0 Å². The molecule has 0 heterocycles. The predicted molar refractivity (Wildman–Crippen MR) is 95.8 cm³/mol. The molecule has 5 heteroatoms. The molecule has 0 aromatic heterocycles. The maximum atomic E-state index is 10.1. The van der Waals surface area contributed by atoms with E-state index in [0.29, 0.717) is 12.3 Å². The first-order valence-electron chi connectivity index (χ1n) is 7.25. The van der Waals surface area contributed by atoms with E-state index in [1.165, 1.54) is 25.4 Å². The molecule has 0 atom stereocenters. The second-order valence-corrected chi connectivity index (χ2v) is 5.24. The quantitative estimate of drug-likeness (QED) is 0.740. The number of hydrogen-bond donors (Lipinski definition) is 3. The van der Waals surface area contributed by atoms with Crippen LogP contribution in [-0.4, -0.2) is 13.0 Å². The molecule has 0 saturated heterocycles. The number of rotatable bonds is 4. The molecule has 0 bridgehead atoms. The largest absolute Gasteiger partial charge is 0.370 e. The third-order valence-electron chi connectivity index (χ3n) is 1.85. The Morgan fingerprint density at radius 2 is 1.57 bits per heavy atom. The molecule has 1 amide bonds. The second-order valence-electron chi connectivity index (χ2n) is 4.54. The molecule has 0 aliphatic carbocycles. The number of benzene rings is 1. The summed E-state index contributed by atoms with van der Waals surface area (Å²) in [4.78, 5) is 11.2. The number of hydrogen-bond acceptors (Lipinski definition) is 4. The highest BCUT2D eigenvalue weighted by molar-refractivity contribution is 7.97. The number of carbonyl (C=O) groups excluding carboxylic acids is 1. The van der Waals surface area contributed by atoms with Crippen molar-refractivity contribution in [2.45, 2.75) is 51.9 Å². The van der Waals surface area contributed by atoms with E-state index in [4.69, 9.17) is 10.9 Å². The van der Waals surface area contributed by atoms with Crippen molar-refractivity contribution in [3.63, 3.8) is 0 Å². The van der Waals surface area contributed by atoms with Crippen LogP contribution in [0.4, 0.5) is 0 Å². The van der Waals surface area contributed by atoms with E-state index < -0.39 is 0 Å². The third kappa shape index (κ3) is 28.0. The summed E-state index contributed by atoms with van der Waals surface area (Å²) in [6.07, 6.45) is 2.69. The van der Waals surface area contributed by atoms with Crippen molar-refractivity contribution in [1.82, 2.24) is 0 Å². The maximum absolute atomic E-state index is 10.1. The molecule has 0 saturated carbocycles. The van der Waals surface area contributed by atoms with Crippen molar-refractivity contribution in [2.75, 3.05) is 7.05 Å². The van der Waals surface area contributed by atoms with Gasteiger partial charge in [0.15, 0.2) is 0 Å². The van der Waals surface area contributed by atoms with E-state index in [1.807, 2.05) is 30.3 Å². The van der Waals surface area contributed by atoms with E-state index in [2.05, 4.69) is 33.4 Å². The van der Waals surface area contributed by atoms with Crippen molar-refractivity contribution >= 4 is 17.9 Å². The molecule has 1 rings (SSSR count). The van der Waals surface area contributed by atoms with Crippen LogP contribution in [0.15, 0.2) is 35.2 Å². The zero-order valence-electron chi connectivity index (χ0n) is 14.1. The zero-order chi connectivity index (χ0) is 17.1. The lowest BCUT2D eigenvalue weighted by atomic mass is 10.1. The lowest BCUT2D eigenvalue weighted by molar-refractivity contribution is -0.118. The molecule has 1 aromatic carbocycles. The van der Waals surface area contributed by atoms with Gasteiger partial charge in [-0.05, 0) is 43.5 Å². The summed E-state index contributed by atoms with van der Waals surface area (Å²) in [6.45, 7) is 8.39. The minimum Gasteiger partial charge on any atom is -0.370 e. The van der Waals surface area contributed by atoms with Gasteiger partial charge in [-0.1, -0.05) is 52.3 Å². The van der Waals surface area contributed by atoms with Gasteiger partial charge in [0.25, 0.3) is 0 Å². The van der Waals surface area contributed by atoms with E-state index in [0.717, 1.165) is 11.3 Å². The molecular formula is C16H33N3OS. The van der Waals surface area contributed by atoms with Crippen molar-refractivity contribution in [3.8, 4) is 0 Å². The van der Waals surface area contributed by atoms with E-state index in [9.17, 15) is 4.79 Å². The van der Waals surface area contributed by atoms with Gasteiger partial charge >= 0.3 is 0 Å². The minimum absolute atomic E-state index is 0.196. The minimum atomic E-state index is -0.196. The van der Waals surface area contributed by atoms with Crippen LogP contribution in [0.2, 0.25) is 0 Å². The summed E-state index contributed by atoms with van der Waals surface area (Å²) in [5.41, 5.74) is 9.40. The van der Waals surface area contributed by atoms with Crippen LogP contribution in [0.1, 0.15) is 47.0 Å². The maximum Gasteiger partial charge on any atom is 0.217 e. The molecule has 21 heavy (non-hydrogen) atoms. The Kier molecular flexibility index (Phi) is 25.3. The van der Waals surface area contributed by atoms with E-state index in [-0.39, 0.29) is 5.91 Å². The van der Waals surface area contributed by atoms with Gasteiger partial charge in [-0.2, -0.15) is 0 Å². The standard InChI is InChI=1S/C6H13NO.C6H7NS.C3H8.CH5N/c1-5(2)3-4-6(7)8;7-8-6-4-2-1-3-5-6;1-3-2;1-2/h5H,3-4H2,1-2H3,(H2,7,8);1-5H,7H2;3H2,1-2H3;2H2,1H3. The molecule has 0 aliphatic heterocycles. The molecule has 0 fully saturated rings. The van der Waals surface area contributed by atoms with Crippen LogP contribution >= 0.6 is 11.9 Å². The summed E-state index contributed by atoms with van der Waals surface area (Å²) >= 11 is 1.27. The highest BCUT2D eigenvalue weighted by Crippen LogP contribution is 2.08. The summed E-state index contributed by atoms with van der Waals surface area (Å²) < 4.78 is 0. The molecule has 0 spiro atoms. The molecule has 0 aliphatic rings. The summed E-state index contributed by atoms with van der Waals surface area (Å²) in [5, 5.41) is 5.27. The lowest BCUT2D eigenvalue weighted by Gasteiger charge is -1.98. The average Bonchev–Trinajstić information content (AvgIpc) is 2.49. The zero-order valence-corrected chi connectivity index (χ0v) is 15.0. The third-order valence-corrected chi connectivity index (χ3v) is 2.39. The van der Waals surface area contributed by atoms with Crippen molar-refractivity contribution in [1.29, 1.82) is 0 Å². The van der Waals surface area contributed by atoms with Crippen LogP contribution in [0, 0.1) is 5.92 Å². The SMILES string of the molecule is CC(C)CCC(N)=O.CCC.CN.NSc1ccccc1. The van der Waals surface area contributed by atoms with E-state index >= 15 is 0 Å². The Balaban J connectivity index is -0.000000237. The smallest absolute Gasteiger partial charge is 0.217 e. The lowest BCUT2D eigenvalue weighted by Crippen LogP contribution is -2.10. The fourth-order valence-electron chi connectivity index (χ4n) is 0.930. The van der Waals surface area contributed by atoms with Crippen LogP contribution in [0.5, 0.6) is 0 Å².